The highest BCUT2D eigenvalue weighted by atomic mass is 16.4. The fourth-order valence-electron chi connectivity index (χ4n) is 3.43. The van der Waals surface area contributed by atoms with Crippen molar-refractivity contribution < 1.29 is 9.90 Å². The van der Waals surface area contributed by atoms with Gasteiger partial charge in [0.2, 0.25) is 0 Å². The van der Waals surface area contributed by atoms with Gasteiger partial charge in [-0.25, -0.2) is 4.98 Å². The monoisotopic (exact) mass is 402 g/mol. The number of hydrogen-bond acceptors (Lipinski definition) is 6. The third-order valence-electron chi connectivity index (χ3n) is 4.82. The minimum atomic E-state index is -0.960. The summed E-state index contributed by atoms with van der Waals surface area (Å²) in [6.45, 7) is 4.21. The molecule has 1 unspecified atom stereocenters. The van der Waals surface area contributed by atoms with Crippen LogP contribution in [0.1, 0.15) is 36.8 Å². The molecule has 152 valence electrons. The quantitative estimate of drug-likeness (QED) is 0.506. The molecule has 0 saturated carbocycles. The molecule has 8 nitrogen and oxygen atoms in total. The number of fused-ring (bicyclic) bond motifs is 1. The summed E-state index contributed by atoms with van der Waals surface area (Å²) in [4.78, 5) is 25.2. The summed E-state index contributed by atoms with van der Waals surface area (Å²) >= 11 is 0. The Balaban J connectivity index is 1.86. The van der Waals surface area contributed by atoms with Crippen LogP contribution in [0.15, 0.2) is 55.2 Å². The van der Waals surface area contributed by atoms with Crippen LogP contribution in [0, 0.1) is 5.92 Å². The van der Waals surface area contributed by atoms with E-state index in [4.69, 9.17) is 4.98 Å². The Morgan fingerprint density at radius 2 is 1.83 bits per heavy atom. The van der Waals surface area contributed by atoms with Crippen molar-refractivity contribution in [2.45, 2.75) is 32.6 Å². The maximum Gasteiger partial charge on any atom is 0.314 e. The molecule has 0 aliphatic heterocycles. The summed E-state index contributed by atoms with van der Waals surface area (Å²) in [5.74, 6) is -1.09. The molecule has 1 N–H and O–H groups in total. The van der Waals surface area contributed by atoms with E-state index < -0.39 is 11.9 Å². The van der Waals surface area contributed by atoms with Crippen molar-refractivity contribution >= 4 is 11.6 Å². The predicted molar refractivity (Wildman–Crippen MR) is 111 cm³/mol. The zero-order valence-electron chi connectivity index (χ0n) is 16.8. The minimum absolute atomic E-state index is 0.272. The average molecular weight is 402 g/mol. The minimum Gasteiger partial charge on any atom is -0.481 e. The molecule has 0 bridgehead atoms. The van der Waals surface area contributed by atoms with E-state index in [2.05, 4.69) is 34.0 Å². The highest BCUT2D eigenvalue weighted by molar-refractivity contribution is 5.76. The van der Waals surface area contributed by atoms with Gasteiger partial charge in [0.15, 0.2) is 11.5 Å². The highest BCUT2D eigenvalue weighted by Gasteiger charge is 2.27. The van der Waals surface area contributed by atoms with Gasteiger partial charge in [0.1, 0.15) is 5.92 Å². The van der Waals surface area contributed by atoms with E-state index in [1.165, 1.54) is 0 Å². The number of hydrogen-bond donors (Lipinski definition) is 1. The molecule has 0 amide bonds. The molecule has 0 fully saturated rings. The number of carbonyl (C=O) groups is 1. The lowest BCUT2D eigenvalue weighted by Crippen LogP contribution is -2.18. The molecule has 1 atom stereocenters. The van der Waals surface area contributed by atoms with E-state index in [0.29, 0.717) is 29.5 Å². The lowest BCUT2D eigenvalue weighted by Gasteiger charge is -2.13. The topological polar surface area (TPSA) is 106 Å². The lowest BCUT2D eigenvalue weighted by atomic mass is 10.00. The Morgan fingerprint density at radius 1 is 1.07 bits per heavy atom. The molecule has 8 heteroatoms. The van der Waals surface area contributed by atoms with Crippen LogP contribution in [0.25, 0.3) is 16.9 Å². The summed E-state index contributed by atoms with van der Waals surface area (Å²) in [5.41, 5.74) is 3.76. The third kappa shape index (κ3) is 4.03. The molecule has 4 heterocycles. The maximum atomic E-state index is 12.1. The average Bonchev–Trinajstić information content (AvgIpc) is 3.17. The van der Waals surface area contributed by atoms with Gasteiger partial charge < -0.3 is 5.11 Å². The molecule has 4 aromatic heterocycles. The van der Waals surface area contributed by atoms with E-state index in [-0.39, 0.29) is 6.42 Å². The summed E-state index contributed by atoms with van der Waals surface area (Å²) in [6.07, 6.45) is 9.55. The first-order valence-electron chi connectivity index (χ1n) is 9.79. The van der Waals surface area contributed by atoms with E-state index in [0.717, 1.165) is 16.8 Å². The lowest BCUT2D eigenvalue weighted by molar-refractivity contribution is -0.139. The van der Waals surface area contributed by atoms with Crippen molar-refractivity contribution in [2.24, 2.45) is 5.92 Å². The van der Waals surface area contributed by atoms with Gasteiger partial charge in [0.05, 0.1) is 11.4 Å². The molecule has 0 spiro atoms. The van der Waals surface area contributed by atoms with Crippen LogP contribution < -0.4 is 0 Å². The summed E-state index contributed by atoms with van der Waals surface area (Å²) in [5, 5.41) is 18.5. The number of carboxylic acids is 1. The van der Waals surface area contributed by atoms with E-state index >= 15 is 0 Å². The zero-order valence-corrected chi connectivity index (χ0v) is 16.8. The van der Waals surface area contributed by atoms with Gasteiger partial charge in [-0.1, -0.05) is 19.9 Å². The van der Waals surface area contributed by atoms with Crippen molar-refractivity contribution in [1.82, 2.24) is 29.5 Å². The van der Waals surface area contributed by atoms with Crippen molar-refractivity contribution in [3.8, 4) is 11.3 Å². The Labute approximate surface area is 173 Å². The van der Waals surface area contributed by atoms with Gasteiger partial charge in [0.25, 0.3) is 0 Å². The molecular weight excluding hydrogens is 380 g/mol. The standard InChI is InChI=1S/C22H22N6O2/c1-14(2)9-18-21-27-26-20(17(22(29)30)10-15-5-3-7-23-11-15)28(21)13-19(25-18)16-6-4-8-24-12-16/h3-8,11-14,17H,9-10H2,1-2H3,(H,29,30). The van der Waals surface area contributed by atoms with Gasteiger partial charge in [-0.3, -0.25) is 19.2 Å². The first-order valence-corrected chi connectivity index (χ1v) is 9.79. The van der Waals surface area contributed by atoms with Crippen LogP contribution in [0.4, 0.5) is 0 Å². The summed E-state index contributed by atoms with van der Waals surface area (Å²) in [7, 11) is 0. The molecule has 4 aromatic rings. The smallest absolute Gasteiger partial charge is 0.314 e. The van der Waals surface area contributed by atoms with E-state index in [1.807, 2.05) is 18.2 Å². The Kier molecular flexibility index (Phi) is 5.47. The second-order valence-corrected chi connectivity index (χ2v) is 7.62. The zero-order chi connectivity index (χ0) is 21.1. The van der Waals surface area contributed by atoms with Crippen molar-refractivity contribution in [3.05, 3.63) is 72.3 Å². The van der Waals surface area contributed by atoms with Crippen molar-refractivity contribution in [1.29, 1.82) is 0 Å². The van der Waals surface area contributed by atoms with Crippen LogP contribution in [-0.4, -0.2) is 40.6 Å². The number of aromatic nitrogens is 6. The molecule has 30 heavy (non-hydrogen) atoms. The molecule has 0 aromatic carbocycles. The number of carboxylic acid groups (broad SMARTS) is 1. The van der Waals surface area contributed by atoms with Crippen molar-refractivity contribution in [2.75, 3.05) is 0 Å². The van der Waals surface area contributed by atoms with Crippen LogP contribution in [-0.2, 0) is 17.6 Å². The second kappa shape index (κ2) is 8.36. The normalized spacial score (nSPS) is 12.4. The number of nitrogens with zero attached hydrogens (tertiary/aromatic N) is 6. The Morgan fingerprint density at radius 3 is 2.47 bits per heavy atom. The number of pyridine rings is 2. The van der Waals surface area contributed by atoms with Crippen molar-refractivity contribution in [3.63, 3.8) is 0 Å². The molecule has 0 saturated heterocycles. The van der Waals surface area contributed by atoms with Gasteiger partial charge in [-0.15, -0.1) is 10.2 Å². The largest absolute Gasteiger partial charge is 0.481 e. The summed E-state index contributed by atoms with van der Waals surface area (Å²) < 4.78 is 1.77. The molecule has 0 radical (unpaired) electrons. The van der Waals surface area contributed by atoms with Crippen LogP contribution in [0.2, 0.25) is 0 Å². The highest BCUT2D eigenvalue weighted by Crippen LogP contribution is 2.25. The fourth-order valence-corrected chi connectivity index (χ4v) is 3.43. The SMILES string of the molecule is CC(C)Cc1nc(-c2cccnc2)cn2c(C(Cc3cccnc3)C(=O)O)nnc12. The van der Waals surface area contributed by atoms with Gasteiger partial charge in [-0.05, 0) is 42.5 Å². The van der Waals surface area contributed by atoms with Crippen LogP contribution in [0.5, 0.6) is 0 Å². The fraction of sp³-hybridized carbons (Fsp3) is 0.273. The second-order valence-electron chi connectivity index (χ2n) is 7.62. The molecule has 4 rings (SSSR count). The Hall–Kier alpha value is -3.68. The number of rotatable bonds is 7. The third-order valence-corrected chi connectivity index (χ3v) is 4.82. The van der Waals surface area contributed by atoms with E-state index in [9.17, 15) is 9.90 Å². The van der Waals surface area contributed by atoms with Gasteiger partial charge in [-0.2, -0.15) is 0 Å². The van der Waals surface area contributed by atoms with Gasteiger partial charge >= 0.3 is 5.97 Å². The maximum absolute atomic E-state index is 12.1. The summed E-state index contributed by atoms with van der Waals surface area (Å²) in [6, 6.07) is 7.42. The first-order chi connectivity index (χ1) is 14.5. The molecule has 0 aliphatic rings. The predicted octanol–water partition coefficient (Wildman–Crippen LogP) is 3.19. The van der Waals surface area contributed by atoms with Crippen LogP contribution in [0.3, 0.4) is 0 Å². The van der Waals surface area contributed by atoms with E-state index in [1.54, 1.807) is 41.5 Å². The number of aliphatic carboxylic acids is 1. The Bertz CT molecular complexity index is 1160. The van der Waals surface area contributed by atoms with Gasteiger partial charge in [0, 0.05) is 36.5 Å². The molecule has 0 aliphatic carbocycles. The first kappa shape index (κ1) is 19.6. The molecular formula is C22H22N6O2. The van der Waals surface area contributed by atoms with Crippen LogP contribution >= 0.6 is 0 Å².